The zero-order chi connectivity index (χ0) is 24.6. The van der Waals surface area contributed by atoms with Gasteiger partial charge in [0, 0.05) is 31.2 Å². The summed E-state index contributed by atoms with van der Waals surface area (Å²) >= 11 is 0.979. The normalized spacial score (nSPS) is 13.9. The molecule has 0 radical (unpaired) electrons. The van der Waals surface area contributed by atoms with Crippen molar-refractivity contribution in [2.75, 3.05) is 25.0 Å². The Morgan fingerprint density at radius 3 is 2.37 bits per heavy atom. The predicted molar refractivity (Wildman–Crippen MR) is 135 cm³/mol. The molecule has 1 fully saturated rings. The van der Waals surface area contributed by atoms with E-state index < -0.39 is 5.91 Å². The molecule has 0 spiro atoms. The first-order valence-corrected chi connectivity index (χ1v) is 12.6. The number of hydrogen-bond acceptors (Lipinski definition) is 6. The standard InChI is InChI=1S/C26H29N5O3S/c1-18-9-11-21(12-10-18)28-23(33)24-29-30-25(35-24)26(34)31-16-13-20(14-17-31)22(32)27-15-5-8-19-6-3-2-4-7-19/h2-4,6-7,9-12,20H,5,8,13-17H2,1H3,(H,27,32)(H,28,33). The monoisotopic (exact) mass is 491 g/mol. The van der Waals surface area contributed by atoms with E-state index in [1.54, 1.807) is 4.90 Å². The number of carbonyl (C=O) groups excluding carboxylic acids is 3. The minimum Gasteiger partial charge on any atom is -0.356 e. The van der Waals surface area contributed by atoms with Crippen LogP contribution in [0.2, 0.25) is 0 Å². The van der Waals surface area contributed by atoms with Crippen LogP contribution in [0.3, 0.4) is 0 Å². The molecule has 1 saturated heterocycles. The van der Waals surface area contributed by atoms with Crippen LogP contribution < -0.4 is 10.6 Å². The molecule has 182 valence electrons. The van der Waals surface area contributed by atoms with E-state index in [0.29, 0.717) is 38.2 Å². The average Bonchev–Trinajstić information content (AvgIpc) is 3.39. The van der Waals surface area contributed by atoms with Gasteiger partial charge in [0.15, 0.2) is 0 Å². The quantitative estimate of drug-likeness (QED) is 0.468. The van der Waals surface area contributed by atoms with Gasteiger partial charge in [-0.1, -0.05) is 59.4 Å². The van der Waals surface area contributed by atoms with E-state index >= 15 is 0 Å². The highest BCUT2D eigenvalue weighted by molar-refractivity contribution is 7.15. The Morgan fingerprint density at radius 2 is 1.66 bits per heavy atom. The highest BCUT2D eigenvalue weighted by Crippen LogP contribution is 2.21. The van der Waals surface area contributed by atoms with Gasteiger partial charge in [-0.25, -0.2) is 0 Å². The van der Waals surface area contributed by atoms with Crippen LogP contribution in [-0.4, -0.2) is 52.5 Å². The van der Waals surface area contributed by atoms with Crippen LogP contribution in [0.1, 0.15) is 50.0 Å². The first kappa shape index (κ1) is 24.5. The zero-order valence-electron chi connectivity index (χ0n) is 19.7. The molecule has 3 amide bonds. The molecular weight excluding hydrogens is 462 g/mol. The summed E-state index contributed by atoms with van der Waals surface area (Å²) in [6.45, 7) is 3.57. The number of likely N-dealkylation sites (tertiary alicyclic amines) is 1. The summed E-state index contributed by atoms with van der Waals surface area (Å²) in [5, 5.41) is 13.9. The first-order chi connectivity index (χ1) is 17.0. The fourth-order valence-electron chi connectivity index (χ4n) is 4.00. The summed E-state index contributed by atoms with van der Waals surface area (Å²) in [6.07, 6.45) is 3.04. The molecule has 2 aromatic carbocycles. The van der Waals surface area contributed by atoms with Crippen molar-refractivity contribution in [1.82, 2.24) is 20.4 Å². The van der Waals surface area contributed by atoms with E-state index in [1.807, 2.05) is 49.4 Å². The number of carbonyl (C=O) groups is 3. The zero-order valence-corrected chi connectivity index (χ0v) is 20.5. The van der Waals surface area contributed by atoms with Crippen LogP contribution in [-0.2, 0) is 11.2 Å². The minimum atomic E-state index is -0.395. The highest BCUT2D eigenvalue weighted by Gasteiger charge is 2.29. The average molecular weight is 492 g/mol. The molecule has 4 rings (SSSR count). The molecule has 1 aliphatic heterocycles. The number of aryl methyl sites for hydroxylation is 2. The number of amides is 3. The van der Waals surface area contributed by atoms with Crippen molar-refractivity contribution in [3.8, 4) is 0 Å². The van der Waals surface area contributed by atoms with Gasteiger partial charge in [0.25, 0.3) is 11.8 Å². The summed E-state index contributed by atoms with van der Waals surface area (Å²) in [5.74, 6) is -0.691. The number of nitrogens with one attached hydrogen (secondary N) is 2. The van der Waals surface area contributed by atoms with Gasteiger partial charge in [0.05, 0.1) is 0 Å². The molecule has 0 bridgehead atoms. The van der Waals surface area contributed by atoms with Crippen molar-refractivity contribution >= 4 is 34.7 Å². The highest BCUT2D eigenvalue weighted by atomic mass is 32.1. The summed E-state index contributed by atoms with van der Waals surface area (Å²) in [5.41, 5.74) is 3.02. The lowest BCUT2D eigenvalue weighted by Gasteiger charge is -2.30. The van der Waals surface area contributed by atoms with Crippen molar-refractivity contribution in [3.05, 3.63) is 75.7 Å². The Kier molecular flexibility index (Phi) is 8.20. The topological polar surface area (TPSA) is 104 Å². The molecule has 2 heterocycles. The Labute approximate surface area is 208 Å². The number of piperidine rings is 1. The van der Waals surface area contributed by atoms with Gasteiger partial charge < -0.3 is 15.5 Å². The van der Waals surface area contributed by atoms with Gasteiger partial charge in [-0.3, -0.25) is 14.4 Å². The van der Waals surface area contributed by atoms with E-state index in [-0.39, 0.29) is 27.7 Å². The molecule has 2 N–H and O–H groups in total. The molecule has 0 saturated carbocycles. The lowest BCUT2D eigenvalue weighted by molar-refractivity contribution is -0.126. The van der Waals surface area contributed by atoms with Crippen LogP contribution in [0.5, 0.6) is 0 Å². The van der Waals surface area contributed by atoms with Gasteiger partial charge in [0.1, 0.15) is 0 Å². The lowest BCUT2D eigenvalue weighted by atomic mass is 9.96. The molecule has 1 aliphatic rings. The SMILES string of the molecule is Cc1ccc(NC(=O)c2nnc(C(=O)N3CCC(C(=O)NCCCc4ccccc4)CC3)s2)cc1. The second kappa shape index (κ2) is 11.7. The maximum atomic E-state index is 12.9. The van der Waals surface area contributed by atoms with Crippen LogP contribution in [0.15, 0.2) is 54.6 Å². The molecule has 9 heteroatoms. The van der Waals surface area contributed by atoms with E-state index in [9.17, 15) is 14.4 Å². The van der Waals surface area contributed by atoms with Gasteiger partial charge >= 0.3 is 0 Å². The molecule has 0 atom stereocenters. The third-order valence-corrected chi connectivity index (χ3v) is 6.96. The Balaban J connectivity index is 1.21. The van der Waals surface area contributed by atoms with Gasteiger partial charge in [-0.2, -0.15) is 0 Å². The molecule has 35 heavy (non-hydrogen) atoms. The van der Waals surface area contributed by atoms with Crippen LogP contribution in [0.4, 0.5) is 5.69 Å². The number of rotatable bonds is 8. The summed E-state index contributed by atoms with van der Waals surface area (Å²) in [4.78, 5) is 39.5. The molecule has 3 aromatic rings. The molecule has 8 nitrogen and oxygen atoms in total. The third-order valence-electron chi connectivity index (χ3n) is 6.05. The lowest BCUT2D eigenvalue weighted by Crippen LogP contribution is -2.43. The number of nitrogens with zero attached hydrogens (tertiary/aromatic N) is 3. The maximum absolute atomic E-state index is 12.9. The summed E-state index contributed by atoms with van der Waals surface area (Å²) in [7, 11) is 0. The predicted octanol–water partition coefficient (Wildman–Crippen LogP) is 3.70. The molecule has 0 aliphatic carbocycles. The Morgan fingerprint density at radius 1 is 0.971 bits per heavy atom. The van der Waals surface area contributed by atoms with Crippen LogP contribution in [0.25, 0.3) is 0 Å². The number of benzene rings is 2. The van der Waals surface area contributed by atoms with Gasteiger partial charge in [-0.05, 0) is 50.3 Å². The molecular formula is C26H29N5O3S. The number of hydrogen-bond donors (Lipinski definition) is 2. The van der Waals surface area contributed by atoms with Crippen LogP contribution in [0, 0.1) is 12.8 Å². The van der Waals surface area contributed by atoms with E-state index in [2.05, 4.69) is 33.0 Å². The smallest absolute Gasteiger partial charge is 0.286 e. The van der Waals surface area contributed by atoms with Crippen molar-refractivity contribution in [3.63, 3.8) is 0 Å². The van der Waals surface area contributed by atoms with Crippen molar-refractivity contribution in [1.29, 1.82) is 0 Å². The Hall–Kier alpha value is -3.59. The number of anilines is 1. The number of aromatic nitrogens is 2. The molecule has 1 aromatic heterocycles. The van der Waals surface area contributed by atoms with E-state index in [0.717, 1.165) is 29.7 Å². The molecule has 0 unspecified atom stereocenters. The van der Waals surface area contributed by atoms with Crippen molar-refractivity contribution < 1.29 is 14.4 Å². The fourth-order valence-corrected chi connectivity index (χ4v) is 4.70. The summed E-state index contributed by atoms with van der Waals surface area (Å²) < 4.78 is 0. The largest absolute Gasteiger partial charge is 0.356 e. The third kappa shape index (κ3) is 6.73. The fraction of sp³-hybridized carbons (Fsp3) is 0.346. The second-order valence-electron chi connectivity index (χ2n) is 8.68. The van der Waals surface area contributed by atoms with Gasteiger partial charge in [-0.15, -0.1) is 10.2 Å². The van der Waals surface area contributed by atoms with Crippen LogP contribution >= 0.6 is 11.3 Å². The minimum absolute atomic E-state index is 0.0520. The first-order valence-electron chi connectivity index (χ1n) is 11.8. The van der Waals surface area contributed by atoms with Crippen molar-refractivity contribution in [2.45, 2.75) is 32.6 Å². The maximum Gasteiger partial charge on any atom is 0.286 e. The summed E-state index contributed by atoms with van der Waals surface area (Å²) in [6, 6.07) is 17.6. The van der Waals surface area contributed by atoms with Gasteiger partial charge in [0.2, 0.25) is 15.9 Å². The second-order valence-corrected chi connectivity index (χ2v) is 9.66. The van der Waals surface area contributed by atoms with E-state index in [4.69, 9.17) is 0 Å². The van der Waals surface area contributed by atoms with E-state index in [1.165, 1.54) is 5.56 Å². The Bertz CT molecular complexity index is 1160. The van der Waals surface area contributed by atoms with Crippen molar-refractivity contribution in [2.24, 2.45) is 5.92 Å².